The van der Waals surface area contributed by atoms with E-state index < -0.39 is 11.9 Å². The lowest BCUT2D eigenvalue weighted by molar-refractivity contribution is -0.125. The van der Waals surface area contributed by atoms with Crippen molar-refractivity contribution < 1.29 is 19.0 Å². The summed E-state index contributed by atoms with van der Waals surface area (Å²) in [5, 5.41) is 9.35. The molecule has 0 aliphatic carbocycles. The molecule has 19 heavy (non-hydrogen) atoms. The molecule has 1 N–H and O–H groups in total. The Morgan fingerprint density at radius 2 is 2.37 bits per heavy atom. The molecular formula is C14H16FNO3. The molecule has 1 atom stereocenters. The van der Waals surface area contributed by atoms with Gasteiger partial charge in [0.15, 0.2) is 11.6 Å². The maximum atomic E-state index is 13.4. The highest BCUT2D eigenvalue weighted by molar-refractivity contribution is 5.92. The fourth-order valence-corrected chi connectivity index (χ4v) is 2.00. The molecule has 1 unspecified atom stereocenters. The molecule has 1 aromatic carbocycles. The average molecular weight is 265 g/mol. The summed E-state index contributed by atoms with van der Waals surface area (Å²) in [7, 11) is 1.40. The molecule has 1 aliphatic heterocycles. The van der Waals surface area contributed by atoms with E-state index >= 15 is 0 Å². The number of amides is 1. The van der Waals surface area contributed by atoms with Crippen LogP contribution in [0.4, 0.5) is 4.39 Å². The largest absolute Gasteiger partial charge is 0.494 e. The lowest BCUT2D eigenvalue weighted by atomic mass is 10.2. The second-order valence-corrected chi connectivity index (χ2v) is 4.45. The number of halogens is 1. The number of aliphatic hydroxyl groups is 1. The minimum absolute atomic E-state index is 0.172. The van der Waals surface area contributed by atoms with Gasteiger partial charge in [-0.2, -0.15) is 0 Å². The summed E-state index contributed by atoms with van der Waals surface area (Å²) in [6.45, 7) is 0.918. The molecule has 0 aromatic heterocycles. The third-order valence-electron chi connectivity index (χ3n) is 3.07. The molecule has 0 spiro atoms. The van der Waals surface area contributed by atoms with E-state index in [1.807, 2.05) is 0 Å². The Bertz CT molecular complexity index is 501. The Morgan fingerprint density at radius 3 is 2.95 bits per heavy atom. The van der Waals surface area contributed by atoms with Crippen molar-refractivity contribution >= 4 is 12.0 Å². The van der Waals surface area contributed by atoms with Crippen molar-refractivity contribution in [2.24, 2.45) is 0 Å². The maximum Gasteiger partial charge on any atom is 0.246 e. The molecule has 1 heterocycles. The van der Waals surface area contributed by atoms with Crippen molar-refractivity contribution in [3.63, 3.8) is 0 Å². The molecule has 1 aromatic rings. The zero-order valence-electron chi connectivity index (χ0n) is 10.7. The van der Waals surface area contributed by atoms with Crippen LogP contribution in [-0.4, -0.2) is 42.2 Å². The minimum Gasteiger partial charge on any atom is -0.494 e. The summed E-state index contributed by atoms with van der Waals surface area (Å²) >= 11 is 0. The molecule has 0 saturated carbocycles. The van der Waals surface area contributed by atoms with Gasteiger partial charge in [-0.05, 0) is 30.2 Å². The smallest absolute Gasteiger partial charge is 0.246 e. The standard InChI is InChI=1S/C14H16FNO3/c1-19-13-4-2-10(8-12(13)15)3-5-14(18)16-7-6-11(17)9-16/h2-5,8,11,17H,6-7,9H2,1H3. The topological polar surface area (TPSA) is 49.8 Å². The predicted molar refractivity (Wildman–Crippen MR) is 69.2 cm³/mol. The van der Waals surface area contributed by atoms with Crippen LogP contribution in [0.1, 0.15) is 12.0 Å². The van der Waals surface area contributed by atoms with E-state index in [9.17, 15) is 14.3 Å². The van der Waals surface area contributed by atoms with E-state index in [1.165, 1.54) is 25.3 Å². The van der Waals surface area contributed by atoms with Gasteiger partial charge in [0.25, 0.3) is 0 Å². The number of ether oxygens (including phenoxy) is 1. The van der Waals surface area contributed by atoms with E-state index in [4.69, 9.17) is 4.74 Å². The van der Waals surface area contributed by atoms with Gasteiger partial charge in [-0.25, -0.2) is 4.39 Å². The molecule has 0 bridgehead atoms. The van der Waals surface area contributed by atoms with Crippen LogP contribution in [-0.2, 0) is 4.79 Å². The number of methoxy groups -OCH3 is 1. The van der Waals surface area contributed by atoms with Crippen molar-refractivity contribution in [2.75, 3.05) is 20.2 Å². The highest BCUT2D eigenvalue weighted by Crippen LogP contribution is 2.18. The van der Waals surface area contributed by atoms with E-state index in [-0.39, 0.29) is 11.7 Å². The number of nitrogens with zero attached hydrogens (tertiary/aromatic N) is 1. The van der Waals surface area contributed by atoms with Gasteiger partial charge in [0.1, 0.15) is 0 Å². The summed E-state index contributed by atoms with van der Waals surface area (Å²) in [5.41, 5.74) is 0.589. The van der Waals surface area contributed by atoms with Crippen molar-refractivity contribution in [1.29, 1.82) is 0 Å². The fraction of sp³-hybridized carbons (Fsp3) is 0.357. The Hall–Kier alpha value is -1.88. The third kappa shape index (κ3) is 3.32. The second-order valence-electron chi connectivity index (χ2n) is 4.45. The summed E-state index contributed by atoms with van der Waals surface area (Å²) in [6.07, 6.45) is 3.11. The van der Waals surface area contributed by atoms with E-state index in [2.05, 4.69) is 0 Å². The van der Waals surface area contributed by atoms with Gasteiger partial charge in [-0.1, -0.05) is 6.07 Å². The van der Waals surface area contributed by atoms with Crippen LogP contribution in [0.15, 0.2) is 24.3 Å². The Labute approximate surface area is 111 Å². The average Bonchev–Trinajstić information content (AvgIpc) is 2.83. The molecule has 1 fully saturated rings. The number of aliphatic hydroxyl groups excluding tert-OH is 1. The summed E-state index contributed by atoms with van der Waals surface area (Å²) in [6, 6.07) is 4.49. The summed E-state index contributed by atoms with van der Waals surface area (Å²) in [4.78, 5) is 13.4. The van der Waals surface area contributed by atoms with Crippen LogP contribution in [0.25, 0.3) is 6.08 Å². The zero-order valence-corrected chi connectivity index (χ0v) is 10.7. The van der Waals surface area contributed by atoms with E-state index in [1.54, 1.807) is 17.0 Å². The third-order valence-corrected chi connectivity index (χ3v) is 3.07. The van der Waals surface area contributed by atoms with E-state index in [0.29, 0.717) is 25.1 Å². The van der Waals surface area contributed by atoms with Gasteiger partial charge < -0.3 is 14.7 Å². The lowest BCUT2D eigenvalue weighted by Gasteiger charge is -2.12. The van der Waals surface area contributed by atoms with Gasteiger partial charge in [0.05, 0.1) is 13.2 Å². The zero-order chi connectivity index (χ0) is 13.8. The van der Waals surface area contributed by atoms with Gasteiger partial charge in [0.2, 0.25) is 5.91 Å². The number of hydrogen-bond donors (Lipinski definition) is 1. The first-order valence-corrected chi connectivity index (χ1v) is 6.08. The first kappa shape index (κ1) is 13.5. The molecule has 5 heteroatoms. The monoisotopic (exact) mass is 265 g/mol. The Balaban J connectivity index is 2.02. The molecule has 2 rings (SSSR count). The number of carbonyl (C=O) groups is 1. The molecule has 0 radical (unpaired) electrons. The van der Waals surface area contributed by atoms with Crippen LogP contribution in [0.2, 0.25) is 0 Å². The molecule has 1 aliphatic rings. The van der Waals surface area contributed by atoms with Crippen LogP contribution in [0, 0.1) is 5.82 Å². The molecule has 4 nitrogen and oxygen atoms in total. The van der Waals surface area contributed by atoms with Crippen LogP contribution in [0.3, 0.4) is 0 Å². The minimum atomic E-state index is -0.464. The first-order chi connectivity index (χ1) is 9.10. The number of benzene rings is 1. The molecule has 1 amide bonds. The second kappa shape index (κ2) is 5.84. The summed E-state index contributed by atoms with van der Waals surface area (Å²) in [5.74, 6) is -0.465. The Kier molecular flexibility index (Phi) is 4.16. The lowest BCUT2D eigenvalue weighted by Crippen LogP contribution is -2.27. The number of β-amino-alcohol motifs (C(OH)–C–C–N with tert-alkyl or cyclic N) is 1. The van der Waals surface area contributed by atoms with Gasteiger partial charge >= 0.3 is 0 Å². The van der Waals surface area contributed by atoms with Crippen LogP contribution in [0.5, 0.6) is 5.75 Å². The quantitative estimate of drug-likeness (QED) is 0.841. The number of rotatable bonds is 3. The van der Waals surface area contributed by atoms with Crippen molar-refractivity contribution in [1.82, 2.24) is 4.90 Å². The van der Waals surface area contributed by atoms with E-state index in [0.717, 1.165) is 0 Å². The van der Waals surface area contributed by atoms with Crippen LogP contribution >= 0.6 is 0 Å². The SMILES string of the molecule is COc1ccc(C=CC(=O)N2CCC(O)C2)cc1F. The number of hydrogen-bond acceptors (Lipinski definition) is 3. The highest BCUT2D eigenvalue weighted by Gasteiger charge is 2.22. The van der Waals surface area contributed by atoms with Gasteiger partial charge in [0, 0.05) is 19.2 Å². The van der Waals surface area contributed by atoms with Crippen molar-refractivity contribution in [3.05, 3.63) is 35.7 Å². The normalized spacial score (nSPS) is 19.1. The fourth-order valence-electron chi connectivity index (χ4n) is 2.00. The summed E-state index contributed by atoms with van der Waals surface area (Å²) < 4.78 is 18.3. The molecule has 102 valence electrons. The van der Waals surface area contributed by atoms with Crippen LogP contribution < -0.4 is 4.74 Å². The number of likely N-dealkylation sites (tertiary alicyclic amines) is 1. The molecular weight excluding hydrogens is 249 g/mol. The first-order valence-electron chi connectivity index (χ1n) is 6.08. The Morgan fingerprint density at radius 1 is 1.58 bits per heavy atom. The van der Waals surface area contributed by atoms with Gasteiger partial charge in [-0.3, -0.25) is 4.79 Å². The number of carbonyl (C=O) groups excluding carboxylic acids is 1. The van der Waals surface area contributed by atoms with Gasteiger partial charge in [-0.15, -0.1) is 0 Å². The van der Waals surface area contributed by atoms with Crippen molar-refractivity contribution in [3.8, 4) is 5.75 Å². The highest BCUT2D eigenvalue weighted by atomic mass is 19.1. The molecule has 1 saturated heterocycles. The maximum absolute atomic E-state index is 13.4. The predicted octanol–water partition coefficient (Wildman–Crippen LogP) is 1.44. The van der Waals surface area contributed by atoms with Crippen molar-refractivity contribution in [2.45, 2.75) is 12.5 Å².